The van der Waals surface area contributed by atoms with Crippen LogP contribution < -0.4 is 9.62 Å². The van der Waals surface area contributed by atoms with Crippen LogP contribution >= 0.6 is 11.6 Å². The van der Waals surface area contributed by atoms with E-state index in [1.807, 2.05) is 30.3 Å². The number of nitrogens with zero attached hydrogens (tertiary/aromatic N) is 2. The maximum Gasteiger partial charge on any atom is 0.244 e. The van der Waals surface area contributed by atoms with Crippen LogP contribution in [0.15, 0.2) is 54.6 Å². The molecule has 2 rings (SSSR count). The normalized spacial score (nSPS) is 12.1. The van der Waals surface area contributed by atoms with Crippen LogP contribution in [0.5, 0.6) is 0 Å². The van der Waals surface area contributed by atoms with Crippen molar-refractivity contribution in [3.05, 3.63) is 65.2 Å². The number of carbonyl (C=O) groups excluding carboxylic acids is 2. The monoisotopic (exact) mass is 465 g/mol. The van der Waals surface area contributed by atoms with Crippen LogP contribution in [0, 0.1) is 0 Å². The van der Waals surface area contributed by atoms with Gasteiger partial charge in [0, 0.05) is 18.1 Å². The van der Waals surface area contributed by atoms with E-state index in [1.165, 1.54) is 11.0 Å². The number of rotatable bonds is 10. The van der Waals surface area contributed by atoms with Gasteiger partial charge in [-0.25, -0.2) is 8.42 Å². The van der Waals surface area contributed by atoms with Crippen LogP contribution in [0.1, 0.15) is 19.4 Å². The van der Waals surface area contributed by atoms with Gasteiger partial charge in [-0.05, 0) is 44.0 Å². The van der Waals surface area contributed by atoms with Crippen molar-refractivity contribution in [2.75, 3.05) is 30.2 Å². The summed E-state index contributed by atoms with van der Waals surface area (Å²) in [6.07, 6.45) is 1.56. The van der Waals surface area contributed by atoms with Crippen molar-refractivity contribution in [1.82, 2.24) is 10.2 Å². The summed E-state index contributed by atoms with van der Waals surface area (Å²) >= 11 is 6.01. The van der Waals surface area contributed by atoms with E-state index in [0.717, 1.165) is 16.1 Å². The Balaban J connectivity index is 2.29. The van der Waals surface area contributed by atoms with Crippen molar-refractivity contribution in [2.45, 2.75) is 26.3 Å². The Bertz CT molecular complexity index is 999. The van der Waals surface area contributed by atoms with E-state index in [-0.39, 0.29) is 18.1 Å². The summed E-state index contributed by atoms with van der Waals surface area (Å²) in [4.78, 5) is 27.1. The fourth-order valence-corrected chi connectivity index (χ4v) is 4.16. The van der Waals surface area contributed by atoms with Gasteiger partial charge in [0.25, 0.3) is 0 Å². The number of likely N-dealkylation sites (N-methyl/N-ethyl adjacent to an activating group) is 1. The number of amides is 2. The molecule has 31 heavy (non-hydrogen) atoms. The van der Waals surface area contributed by atoms with Gasteiger partial charge in [-0.1, -0.05) is 48.0 Å². The molecular formula is C22H28ClN3O4S. The molecule has 0 saturated heterocycles. The Labute approximate surface area is 189 Å². The molecule has 2 aromatic carbocycles. The van der Waals surface area contributed by atoms with Crippen LogP contribution in [-0.2, 0) is 26.0 Å². The molecule has 0 spiro atoms. The predicted molar refractivity (Wildman–Crippen MR) is 124 cm³/mol. The molecule has 0 radical (unpaired) electrons. The van der Waals surface area contributed by atoms with Gasteiger partial charge in [0.1, 0.15) is 12.6 Å². The van der Waals surface area contributed by atoms with Crippen molar-refractivity contribution in [1.29, 1.82) is 0 Å². The topological polar surface area (TPSA) is 86.8 Å². The highest BCUT2D eigenvalue weighted by molar-refractivity contribution is 7.92. The highest BCUT2D eigenvalue weighted by Gasteiger charge is 2.29. The zero-order valence-electron chi connectivity index (χ0n) is 17.9. The van der Waals surface area contributed by atoms with Gasteiger partial charge >= 0.3 is 0 Å². The Kier molecular flexibility index (Phi) is 8.88. The molecular weight excluding hydrogens is 438 g/mol. The minimum Gasteiger partial charge on any atom is -0.355 e. The lowest BCUT2D eigenvalue weighted by Crippen LogP contribution is -2.52. The van der Waals surface area contributed by atoms with Crippen molar-refractivity contribution < 1.29 is 18.0 Å². The number of carbonyl (C=O) groups is 2. The molecule has 0 bridgehead atoms. The largest absolute Gasteiger partial charge is 0.355 e. The van der Waals surface area contributed by atoms with Crippen molar-refractivity contribution in [2.24, 2.45) is 0 Å². The third-order valence-corrected chi connectivity index (χ3v) is 6.15. The molecule has 0 aliphatic rings. The molecule has 7 nitrogen and oxygen atoms in total. The van der Waals surface area contributed by atoms with E-state index in [0.29, 0.717) is 18.0 Å². The number of halogens is 1. The van der Waals surface area contributed by atoms with E-state index in [2.05, 4.69) is 5.32 Å². The first kappa shape index (κ1) is 24.7. The van der Waals surface area contributed by atoms with Crippen LogP contribution in [0.25, 0.3) is 0 Å². The Morgan fingerprint density at radius 1 is 1.10 bits per heavy atom. The van der Waals surface area contributed by atoms with E-state index in [9.17, 15) is 18.0 Å². The second-order valence-corrected chi connectivity index (χ2v) is 9.49. The third kappa shape index (κ3) is 7.25. The van der Waals surface area contributed by atoms with Crippen molar-refractivity contribution in [3.8, 4) is 0 Å². The van der Waals surface area contributed by atoms with E-state index in [1.54, 1.807) is 32.0 Å². The van der Waals surface area contributed by atoms with Crippen LogP contribution in [0.4, 0.5) is 5.69 Å². The van der Waals surface area contributed by atoms with Crippen LogP contribution in [0.3, 0.4) is 0 Å². The molecule has 1 N–H and O–H groups in total. The lowest BCUT2D eigenvalue weighted by atomic mass is 10.1. The van der Waals surface area contributed by atoms with Crippen molar-refractivity contribution >= 4 is 39.1 Å². The predicted octanol–water partition coefficient (Wildman–Crippen LogP) is 2.70. The minimum absolute atomic E-state index is 0.272. The van der Waals surface area contributed by atoms with Gasteiger partial charge in [-0.15, -0.1) is 0 Å². The average Bonchev–Trinajstić information content (AvgIpc) is 2.72. The molecule has 2 amide bonds. The van der Waals surface area contributed by atoms with Crippen molar-refractivity contribution in [3.63, 3.8) is 0 Å². The molecule has 0 aromatic heterocycles. The molecule has 0 aliphatic heterocycles. The van der Waals surface area contributed by atoms with E-state index < -0.39 is 28.5 Å². The van der Waals surface area contributed by atoms with Gasteiger partial charge in [-0.2, -0.15) is 0 Å². The standard InChI is InChI=1S/C22H28ClN3O4S/c1-4-24-22(28)17(2)25(14-13-18-9-6-5-7-10-18)21(27)16-26(31(3,29)30)20-12-8-11-19(23)15-20/h5-12,15,17H,4,13-14,16H2,1-3H3,(H,24,28)/t17-/m0/s1. The van der Waals surface area contributed by atoms with Gasteiger partial charge in [0.15, 0.2) is 0 Å². The van der Waals surface area contributed by atoms with Crippen LogP contribution in [0.2, 0.25) is 5.02 Å². The summed E-state index contributed by atoms with van der Waals surface area (Å²) in [5.74, 6) is -0.766. The molecule has 0 aliphatic carbocycles. The highest BCUT2D eigenvalue weighted by atomic mass is 35.5. The molecule has 1 atom stereocenters. The lowest BCUT2D eigenvalue weighted by molar-refractivity contribution is -0.138. The summed E-state index contributed by atoms with van der Waals surface area (Å²) in [6.45, 7) is 3.71. The second kappa shape index (κ2) is 11.2. The smallest absolute Gasteiger partial charge is 0.244 e. The number of hydrogen-bond acceptors (Lipinski definition) is 4. The number of nitrogens with one attached hydrogen (secondary N) is 1. The molecule has 168 valence electrons. The summed E-state index contributed by atoms with van der Waals surface area (Å²) in [5.41, 5.74) is 1.30. The molecule has 9 heteroatoms. The summed E-state index contributed by atoms with van der Waals surface area (Å²) < 4.78 is 25.8. The van der Waals surface area contributed by atoms with Gasteiger partial charge < -0.3 is 10.2 Å². The quantitative estimate of drug-likeness (QED) is 0.584. The van der Waals surface area contributed by atoms with E-state index in [4.69, 9.17) is 11.6 Å². The zero-order valence-corrected chi connectivity index (χ0v) is 19.5. The Morgan fingerprint density at radius 2 is 1.77 bits per heavy atom. The number of anilines is 1. The molecule has 0 unspecified atom stereocenters. The summed E-state index contributed by atoms with van der Waals surface area (Å²) in [6, 6.07) is 15.1. The van der Waals surface area contributed by atoms with Gasteiger partial charge in [-0.3, -0.25) is 13.9 Å². The number of benzene rings is 2. The maximum absolute atomic E-state index is 13.2. The summed E-state index contributed by atoms with van der Waals surface area (Å²) in [5, 5.41) is 3.08. The number of sulfonamides is 1. The van der Waals surface area contributed by atoms with E-state index >= 15 is 0 Å². The SMILES string of the molecule is CCNC(=O)[C@H](C)N(CCc1ccccc1)C(=O)CN(c1cccc(Cl)c1)S(C)(=O)=O. The molecule has 2 aromatic rings. The number of hydrogen-bond donors (Lipinski definition) is 1. The first-order valence-electron chi connectivity index (χ1n) is 9.98. The van der Waals surface area contributed by atoms with Gasteiger partial charge in [0.05, 0.1) is 11.9 Å². The van der Waals surface area contributed by atoms with Gasteiger partial charge in [0.2, 0.25) is 21.8 Å². The highest BCUT2D eigenvalue weighted by Crippen LogP contribution is 2.22. The third-order valence-electron chi connectivity index (χ3n) is 4.78. The fraction of sp³-hybridized carbons (Fsp3) is 0.364. The first-order valence-corrected chi connectivity index (χ1v) is 12.2. The Morgan fingerprint density at radius 3 is 2.35 bits per heavy atom. The lowest BCUT2D eigenvalue weighted by Gasteiger charge is -2.31. The minimum atomic E-state index is -3.76. The fourth-order valence-electron chi connectivity index (χ4n) is 3.14. The first-order chi connectivity index (χ1) is 14.6. The Hall–Kier alpha value is -2.58. The molecule has 0 saturated carbocycles. The maximum atomic E-state index is 13.2. The average molecular weight is 466 g/mol. The second-order valence-electron chi connectivity index (χ2n) is 7.14. The van der Waals surface area contributed by atoms with Crippen LogP contribution in [-0.4, -0.2) is 57.1 Å². The zero-order chi connectivity index (χ0) is 23.0. The summed E-state index contributed by atoms with van der Waals surface area (Å²) in [7, 11) is -3.76. The molecule has 0 heterocycles. The molecule has 0 fully saturated rings.